The van der Waals surface area contributed by atoms with Crippen molar-refractivity contribution in [2.45, 2.75) is 32.3 Å². The van der Waals surface area contributed by atoms with Gasteiger partial charge in [-0.3, -0.25) is 0 Å². The van der Waals surface area contributed by atoms with E-state index in [0.717, 1.165) is 17.8 Å². The van der Waals surface area contributed by atoms with Crippen LogP contribution < -0.4 is 0 Å². The van der Waals surface area contributed by atoms with E-state index in [9.17, 15) is 9.90 Å². The highest BCUT2D eigenvalue weighted by Crippen LogP contribution is 2.48. The van der Waals surface area contributed by atoms with E-state index in [0.29, 0.717) is 23.5 Å². The van der Waals surface area contributed by atoms with Gasteiger partial charge in [0.15, 0.2) is 5.71 Å². The van der Waals surface area contributed by atoms with Crippen LogP contribution in [0.5, 0.6) is 0 Å². The summed E-state index contributed by atoms with van der Waals surface area (Å²) in [7, 11) is 2.81. The molecule has 1 saturated carbocycles. The molecule has 0 radical (unpaired) electrons. The Balaban J connectivity index is 1.83. The maximum absolute atomic E-state index is 11.6. The lowest BCUT2D eigenvalue weighted by Gasteiger charge is -2.10. The zero-order chi connectivity index (χ0) is 22.9. The summed E-state index contributed by atoms with van der Waals surface area (Å²) in [5, 5.41) is 21.7. The molecule has 1 N–H and O–H groups in total. The summed E-state index contributed by atoms with van der Waals surface area (Å²) >= 11 is 0. The molecule has 168 valence electrons. The minimum absolute atomic E-state index is 0.0718. The van der Waals surface area contributed by atoms with Gasteiger partial charge in [0.2, 0.25) is 0 Å². The summed E-state index contributed by atoms with van der Waals surface area (Å²) in [4.78, 5) is 27.0. The molecule has 8 heteroatoms. The van der Waals surface area contributed by atoms with Crippen LogP contribution in [0.4, 0.5) is 0 Å². The largest absolute Gasteiger partial charge is 0.476 e. The lowest BCUT2D eigenvalue weighted by atomic mass is 10.0. The van der Waals surface area contributed by atoms with Crippen molar-refractivity contribution >= 4 is 23.1 Å². The average molecular weight is 437 g/mol. The minimum Gasteiger partial charge on any atom is -0.476 e. The molecule has 1 aliphatic carbocycles. The predicted molar refractivity (Wildman–Crippen MR) is 122 cm³/mol. The molecule has 32 heavy (non-hydrogen) atoms. The maximum atomic E-state index is 11.6. The Bertz CT molecular complexity index is 1020. The SMILES string of the molecule is CCC(=NOC)C(=NOCc1ccccc1C(=NOC)C(=O)O)[C@@H]1C[C@H]1c1ccccc1. The molecule has 2 atom stereocenters. The molecular formula is C24H27N3O5. The third kappa shape index (κ3) is 5.51. The van der Waals surface area contributed by atoms with Crippen molar-refractivity contribution < 1.29 is 24.4 Å². The Labute approximate surface area is 187 Å². The highest BCUT2D eigenvalue weighted by Gasteiger charge is 2.44. The van der Waals surface area contributed by atoms with Crippen molar-refractivity contribution in [2.24, 2.45) is 21.4 Å². The van der Waals surface area contributed by atoms with Crippen LogP contribution in [0, 0.1) is 5.92 Å². The van der Waals surface area contributed by atoms with Gasteiger partial charge in [0.25, 0.3) is 0 Å². The van der Waals surface area contributed by atoms with E-state index in [2.05, 4.69) is 27.6 Å². The first-order valence-electron chi connectivity index (χ1n) is 10.4. The molecule has 2 aromatic carbocycles. The van der Waals surface area contributed by atoms with Crippen molar-refractivity contribution in [3.8, 4) is 0 Å². The minimum atomic E-state index is -1.19. The van der Waals surface area contributed by atoms with Gasteiger partial charge >= 0.3 is 5.97 Å². The lowest BCUT2D eigenvalue weighted by molar-refractivity contribution is -0.129. The van der Waals surface area contributed by atoms with Crippen molar-refractivity contribution in [3.63, 3.8) is 0 Å². The van der Waals surface area contributed by atoms with Gasteiger partial charge < -0.3 is 19.6 Å². The van der Waals surface area contributed by atoms with Gasteiger partial charge in [-0.2, -0.15) is 0 Å². The summed E-state index contributed by atoms with van der Waals surface area (Å²) in [5.41, 5.74) is 3.59. The van der Waals surface area contributed by atoms with Gasteiger partial charge in [-0.05, 0) is 24.3 Å². The topological polar surface area (TPSA) is 102 Å². The Morgan fingerprint density at radius 3 is 2.34 bits per heavy atom. The van der Waals surface area contributed by atoms with Gasteiger partial charge in [0.05, 0.1) is 0 Å². The quantitative estimate of drug-likeness (QED) is 0.419. The number of carboxylic acid groups (broad SMARTS) is 1. The first-order valence-corrected chi connectivity index (χ1v) is 10.4. The Morgan fingerprint density at radius 1 is 1.00 bits per heavy atom. The van der Waals surface area contributed by atoms with Crippen LogP contribution >= 0.6 is 0 Å². The molecule has 0 heterocycles. The van der Waals surface area contributed by atoms with Crippen LogP contribution in [0.25, 0.3) is 0 Å². The molecule has 1 aliphatic rings. The molecule has 0 aromatic heterocycles. The third-order valence-electron chi connectivity index (χ3n) is 5.24. The Morgan fingerprint density at radius 2 is 1.69 bits per heavy atom. The predicted octanol–water partition coefficient (Wildman–Crippen LogP) is 4.21. The molecule has 0 bridgehead atoms. The lowest BCUT2D eigenvalue weighted by Crippen LogP contribution is -2.19. The number of nitrogens with zero attached hydrogens (tertiary/aromatic N) is 3. The number of oxime groups is 3. The zero-order valence-corrected chi connectivity index (χ0v) is 18.4. The maximum Gasteiger partial charge on any atom is 0.358 e. The third-order valence-corrected chi connectivity index (χ3v) is 5.24. The molecule has 0 aliphatic heterocycles. The van der Waals surface area contributed by atoms with E-state index < -0.39 is 5.97 Å². The van der Waals surface area contributed by atoms with Crippen molar-refractivity contribution in [3.05, 3.63) is 71.3 Å². The molecular weight excluding hydrogens is 410 g/mol. The normalized spacial score (nSPS) is 18.8. The molecule has 0 amide bonds. The van der Waals surface area contributed by atoms with Crippen LogP contribution in [0.2, 0.25) is 0 Å². The average Bonchev–Trinajstić information content (AvgIpc) is 3.60. The Kier molecular flexibility index (Phi) is 7.96. The van der Waals surface area contributed by atoms with E-state index in [1.54, 1.807) is 24.3 Å². The molecule has 8 nitrogen and oxygen atoms in total. The number of hydrogen-bond donors (Lipinski definition) is 1. The first-order chi connectivity index (χ1) is 15.6. The second-order valence-electron chi connectivity index (χ2n) is 7.27. The Hall–Kier alpha value is -3.68. The van der Waals surface area contributed by atoms with Crippen molar-refractivity contribution in [1.29, 1.82) is 0 Å². The highest BCUT2D eigenvalue weighted by molar-refractivity contribution is 6.43. The summed E-state index contributed by atoms with van der Waals surface area (Å²) in [6.45, 7) is 2.06. The number of carbonyl (C=O) groups is 1. The monoisotopic (exact) mass is 437 g/mol. The standard InChI is InChI=1S/C24H27N3O5/c1-4-21(25-30-2)22(20-14-19(20)16-10-6-5-7-11-16)27-32-15-17-12-8-9-13-18(17)23(24(28)29)26-31-3/h5-13,19-20H,4,14-15H2,1-3H3,(H,28,29)/t19-,20+/m0/s1. The fourth-order valence-corrected chi connectivity index (χ4v) is 3.65. The fraction of sp³-hybridized carbons (Fsp3) is 0.333. The highest BCUT2D eigenvalue weighted by atomic mass is 16.6. The van der Waals surface area contributed by atoms with E-state index in [1.807, 2.05) is 25.1 Å². The molecule has 0 saturated heterocycles. The van der Waals surface area contributed by atoms with Crippen molar-refractivity contribution in [1.82, 2.24) is 0 Å². The fourth-order valence-electron chi connectivity index (χ4n) is 3.65. The van der Waals surface area contributed by atoms with Gasteiger partial charge in [-0.15, -0.1) is 0 Å². The van der Waals surface area contributed by atoms with Gasteiger partial charge in [0.1, 0.15) is 32.2 Å². The molecule has 0 unspecified atom stereocenters. The summed E-state index contributed by atoms with van der Waals surface area (Å²) in [5.74, 6) is -0.648. The first kappa shape index (κ1) is 23.0. The number of rotatable bonds is 11. The summed E-state index contributed by atoms with van der Waals surface area (Å²) < 4.78 is 0. The van der Waals surface area contributed by atoms with E-state index >= 15 is 0 Å². The number of carboxylic acids is 1. The molecule has 3 rings (SSSR count). The van der Waals surface area contributed by atoms with E-state index in [1.165, 1.54) is 19.8 Å². The van der Waals surface area contributed by atoms with Gasteiger partial charge in [0, 0.05) is 17.0 Å². The van der Waals surface area contributed by atoms with Crippen LogP contribution in [0.15, 0.2) is 70.1 Å². The second-order valence-corrected chi connectivity index (χ2v) is 7.27. The van der Waals surface area contributed by atoms with E-state index in [-0.39, 0.29) is 18.2 Å². The molecule has 1 fully saturated rings. The number of benzene rings is 2. The zero-order valence-electron chi connectivity index (χ0n) is 18.4. The molecule has 2 aromatic rings. The summed E-state index contributed by atoms with van der Waals surface area (Å²) in [6.07, 6.45) is 1.60. The van der Waals surface area contributed by atoms with E-state index in [4.69, 9.17) is 14.5 Å². The van der Waals surface area contributed by atoms with Gasteiger partial charge in [-0.25, -0.2) is 4.79 Å². The smallest absolute Gasteiger partial charge is 0.358 e. The van der Waals surface area contributed by atoms with Crippen LogP contribution in [0.3, 0.4) is 0 Å². The number of aliphatic carboxylic acids is 1. The van der Waals surface area contributed by atoms with Crippen molar-refractivity contribution in [2.75, 3.05) is 14.2 Å². The van der Waals surface area contributed by atoms with Gasteiger partial charge in [-0.1, -0.05) is 77.0 Å². The second kappa shape index (κ2) is 11.1. The summed E-state index contributed by atoms with van der Waals surface area (Å²) in [6, 6.07) is 17.2. The van der Waals surface area contributed by atoms with Crippen LogP contribution in [-0.4, -0.2) is 42.4 Å². The van der Waals surface area contributed by atoms with Crippen LogP contribution in [0.1, 0.15) is 42.4 Å². The van der Waals surface area contributed by atoms with Crippen LogP contribution in [-0.2, 0) is 25.9 Å². The molecule has 0 spiro atoms. The number of hydrogen-bond acceptors (Lipinski definition) is 7.